The molecule has 2 aromatic heterocycles. The fourth-order valence-electron chi connectivity index (χ4n) is 1.61. The third kappa shape index (κ3) is 2.43. The van der Waals surface area contributed by atoms with Gasteiger partial charge in [-0.3, -0.25) is 0 Å². The predicted molar refractivity (Wildman–Crippen MR) is 73.4 cm³/mol. The van der Waals surface area contributed by atoms with Crippen molar-refractivity contribution in [1.82, 2.24) is 9.97 Å². The van der Waals surface area contributed by atoms with Crippen molar-refractivity contribution in [3.63, 3.8) is 0 Å². The fourth-order valence-corrected chi connectivity index (χ4v) is 2.78. The minimum atomic E-state index is 0.478. The molecule has 16 heavy (non-hydrogen) atoms. The standard InChI is InChI=1S/C12H15BrN2S/c1-7(2)10(13)5-11-9-4-8(3)16-12(9)15-6-14-11/h4,6-7,10H,5H2,1-3H3. The van der Waals surface area contributed by atoms with Crippen molar-refractivity contribution in [2.45, 2.75) is 32.0 Å². The molecule has 2 aromatic rings. The van der Waals surface area contributed by atoms with Gasteiger partial charge in [-0.1, -0.05) is 29.8 Å². The summed E-state index contributed by atoms with van der Waals surface area (Å²) in [6.07, 6.45) is 2.64. The van der Waals surface area contributed by atoms with Gasteiger partial charge in [-0.05, 0) is 18.9 Å². The van der Waals surface area contributed by atoms with E-state index in [0.29, 0.717) is 10.7 Å². The van der Waals surface area contributed by atoms with Crippen molar-refractivity contribution in [2.75, 3.05) is 0 Å². The molecule has 1 unspecified atom stereocenters. The van der Waals surface area contributed by atoms with E-state index in [1.54, 1.807) is 17.7 Å². The molecule has 2 nitrogen and oxygen atoms in total. The van der Waals surface area contributed by atoms with E-state index in [9.17, 15) is 0 Å². The third-order valence-electron chi connectivity index (χ3n) is 2.65. The van der Waals surface area contributed by atoms with Gasteiger partial charge in [0.05, 0.1) is 5.69 Å². The molecule has 0 aliphatic heterocycles. The molecule has 86 valence electrons. The summed E-state index contributed by atoms with van der Waals surface area (Å²) in [5.74, 6) is 0.616. The Morgan fingerprint density at radius 3 is 2.81 bits per heavy atom. The second-order valence-electron chi connectivity index (χ2n) is 4.36. The number of aryl methyl sites for hydroxylation is 1. The molecule has 0 amide bonds. The first kappa shape index (κ1) is 12.0. The van der Waals surface area contributed by atoms with Crippen LogP contribution >= 0.6 is 27.3 Å². The average molecular weight is 299 g/mol. The number of alkyl halides is 1. The van der Waals surface area contributed by atoms with Gasteiger partial charge in [-0.25, -0.2) is 9.97 Å². The SMILES string of the molecule is Cc1cc2c(CC(Br)C(C)C)ncnc2s1. The van der Waals surface area contributed by atoms with Crippen LogP contribution < -0.4 is 0 Å². The van der Waals surface area contributed by atoms with Crippen LogP contribution in [0.4, 0.5) is 0 Å². The van der Waals surface area contributed by atoms with Gasteiger partial charge in [0, 0.05) is 21.5 Å². The number of fused-ring (bicyclic) bond motifs is 1. The lowest BCUT2D eigenvalue weighted by atomic mass is 10.0. The smallest absolute Gasteiger partial charge is 0.127 e. The van der Waals surface area contributed by atoms with Crippen molar-refractivity contribution in [1.29, 1.82) is 0 Å². The molecule has 4 heteroatoms. The van der Waals surface area contributed by atoms with Gasteiger partial charge in [0.1, 0.15) is 11.2 Å². The molecule has 1 atom stereocenters. The van der Waals surface area contributed by atoms with E-state index in [1.807, 2.05) is 0 Å². The maximum absolute atomic E-state index is 4.41. The Morgan fingerprint density at radius 2 is 2.12 bits per heavy atom. The maximum atomic E-state index is 4.41. The molecule has 2 rings (SSSR count). The van der Waals surface area contributed by atoms with Gasteiger partial charge in [0.25, 0.3) is 0 Å². The Kier molecular flexibility index (Phi) is 3.60. The normalized spacial score (nSPS) is 13.6. The maximum Gasteiger partial charge on any atom is 0.127 e. The van der Waals surface area contributed by atoms with Crippen LogP contribution in [-0.2, 0) is 6.42 Å². The van der Waals surface area contributed by atoms with Crippen LogP contribution in [0.1, 0.15) is 24.4 Å². The summed E-state index contributed by atoms with van der Waals surface area (Å²) in [5.41, 5.74) is 1.16. The van der Waals surface area contributed by atoms with Gasteiger partial charge in [0.15, 0.2) is 0 Å². The zero-order valence-electron chi connectivity index (χ0n) is 9.70. The lowest BCUT2D eigenvalue weighted by Gasteiger charge is -2.13. The molecule has 0 saturated heterocycles. The van der Waals surface area contributed by atoms with E-state index in [2.05, 4.69) is 52.7 Å². The lowest BCUT2D eigenvalue weighted by Crippen LogP contribution is -2.11. The summed E-state index contributed by atoms with van der Waals surface area (Å²) in [5, 5.41) is 1.22. The third-order valence-corrected chi connectivity index (χ3v) is 4.99. The van der Waals surface area contributed by atoms with Gasteiger partial charge in [0.2, 0.25) is 0 Å². The fraction of sp³-hybridized carbons (Fsp3) is 0.500. The number of rotatable bonds is 3. The monoisotopic (exact) mass is 298 g/mol. The van der Waals surface area contributed by atoms with Gasteiger partial charge in [-0.2, -0.15) is 0 Å². The minimum Gasteiger partial charge on any atom is -0.241 e. The topological polar surface area (TPSA) is 25.8 Å². The van der Waals surface area contributed by atoms with Crippen molar-refractivity contribution in [3.8, 4) is 0 Å². The number of hydrogen-bond acceptors (Lipinski definition) is 3. The first-order valence-electron chi connectivity index (χ1n) is 5.42. The largest absolute Gasteiger partial charge is 0.241 e. The molecule has 0 aliphatic rings. The zero-order valence-corrected chi connectivity index (χ0v) is 12.1. The molecular weight excluding hydrogens is 284 g/mol. The number of aromatic nitrogens is 2. The molecule has 0 aliphatic carbocycles. The van der Waals surface area contributed by atoms with E-state index in [1.165, 1.54) is 10.3 Å². The highest BCUT2D eigenvalue weighted by Crippen LogP contribution is 2.27. The first-order chi connectivity index (χ1) is 7.58. The van der Waals surface area contributed by atoms with E-state index in [4.69, 9.17) is 0 Å². The molecule has 0 spiro atoms. The average Bonchev–Trinajstić information content (AvgIpc) is 2.59. The zero-order chi connectivity index (χ0) is 11.7. The Morgan fingerprint density at radius 1 is 1.38 bits per heavy atom. The summed E-state index contributed by atoms with van der Waals surface area (Å²) in [6.45, 7) is 6.55. The Bertz CT molecular complexity index is 493. The summed E-state index contributed by atoms with van der Waals surface area (Å²) in [7, 11) is 0. The van der Waals surface area contributed by atoms with Crippen molar-refractivity contribution in [2.24, 2.45) is 5.92 Å². The van der Waals surface area contributed by atoms with Crippen LogP contribution in [0.15, 0.2) is 12.4 Å². The van der Waals surface area contributed by atoms with Crippen molar-refractivity contribution in [3.05, 3.63) is 23.0 Å². The van der Waals surface area contributed by atoms with Crippen LogP contribution in [-0.4, -0.2) is 14.8 Å². The van der Waals surface area contributed by atoms with Crippen molar-refractivity contribution < 1.29 is 0 Å². The highest BCUT2D eigenvalue weighted by Gasteiger charge is 2.14. The van der Waals surface area contributed by atoms with E-state index in [0.717, 1.165) is 16.9 Å². The summed E-state index contributed by atoms with van der Waals surface area (Å²) in [6, 6.07) is 2.19. The van der Waals surface area contributed by atoms with E-state index in [-0.39, 0.29) is 0 Å². The van der Waals surface area contributed by atoms with Crippen molar-refractivity contribution >= 4 is 37.5 Å². The van der Waals surface area contributed by atoms with Crippen LogP contribution in [0.3, 0.4) is 0 Å². The first-order valence-corrected chi connectivity index (χ1v) is 7.15. The second kappa shape index (κ2) is 4.80. The number of halogens is 1. The molecule has 0 radical (unpaired) electrons. The number of hydrogen-bond donors (Lipinski definition) is 0. The minimum absolute atomic E-state index is 0.478. The van der Waals surface area contributed by atoms with Crippen LogP contribution in [0.2, 0.25) is 0 Å². The molecular formula is C12H15BrN2S. The predicted octanol–water partition coefficient (Wildman–Crippen LogP) is 3.96. The molecule has 0 aromatic carbocycles. The Balaban J connectivity index is 2.36. The van der Waals surface area contributed by atoms with Gasteiger partial charge in [-0.15, -0.1) is 11.3 Å². The molecule has 0 saturated carbocycles. The summed E-state index contributed by atoms with van der Waals surface area (Å²) < 4.78 is 0. The quantitative estimate of drug-likeness (QED) is 0.802. The molecule has 0 bridgehead atoms. The second-order valence-corrected chi connectivity index (χ2v) is 6.77. The number of thiophene rings is 1. The summed E-state index contributed by atoms with van der Waals surface area (Å²) >= 11 is 5.45. The molecule has 0 fully saturated rings. The Labute approximate surface area is 108 Å². The van der Waals surface area contributed by atoms with Gasteiger partial charge >= 0.3 is 0 Å². The van der Waals surface area contributed by atoms with E-state index < -0.39 is 0 Å². The summed E-state index contributed by atoms with van der Waals surface area (Å²) in [4.78, 5) is 11.6. The van der Waals surface area contributed by atoms with E-state index >= 15 is 0 Å². The number of nitrogens with zero attached hydrogens (tertiary/aromatic N) is 2. The lowest BCUT2D eigenvalue weighted by molar-refractivity contribution is 0.609. The van der Waals surface area contributed by atoms with Crippen LogP contribution in [0.5, 0.6) is 0 Å². The highest BCUT2D eigenvalue weighted by molar-refractivity contribution is 9.09. The molecule has 0 N–H and O–H groups in total. The highest BCUT2D eigenvalue weighted by atomic mass is 79.9. The van der Waals surface area contributed by atoms with Crippen LogP contribution in [0, 0.1) is 12.8 Å². The van der Waals surface area contributed by atoms with Crippen LogP contribution in [0.25, 0.3) is 10.2 Å². The Hall–Kier alpha value is -0.480. The molecule has 2 heterocycles. The van der Waals surface area contributed by atoms with Gasteiger partial charge < -0.3 is 0 Å².